The fourth-order valence-electron chi connectivity index (χ4n) is 2.08. The molecule has 2 rings (SSSR count). The van der Waals surface area contributed by atoms with Crippen molar-refractivity contribution in [3.8, 4) is 0 Å². The quantitative estimate of drug-likeness (QED) is 0.852. The number of aromatic nitrogens is 2. The van der Waals surface area contributed by atoms with Crippen molar-refractivity contribution in [2.45, 2.75) is 39.7 Å². The smallest absolute Gasteiger partial charge is 0.134 e. The summed E-state index contributed by atoms with van der Waals surface area (Å²) in [7, 11) is 1.69. The number of hydrogen-bond acceptors (Lipinski definition) is 4. The summed E-state index contributed by atoms with van der Waals surface area (Å²) in [5, 5.41) is 3.25. The first-order chi connectivity index (χ1) is 8.06. The second-order valence-electron chi connectivity index (χ2n) is 5.31. The number of methoxy groups -OCH3 is 1. The van der Waals surface area contributed by atoms with Gasteiger partial charge in [-0.2, -0.15) is 0 Å². The highest BCUT2D eigenvalue weighted by Gasteiger charge is 2.48. The number of hydrogen-bond donors (Lipinski definition) is 1. The van der Waals surface area contributed by atoms with E-state index in [9.17, 15) is 0 Å². The highest BCUT2D eigenvalue weighted by atomic mass is 16.5. The van der Waals surface area contributed by atoms with Crippen LogP contribution >= 0.6 is 0 Å². The molecule has 1 aromatic heterocycles. The van der Waals surface area contributed by atoms with Gasteiger partial charge in [0.1, 0.15) is 11.6 Å². The van der Waals surface area contributed by atoms with E-state index in [1.165, 1.54) is 6.42 Å². The average Bonchev–Trinajstić information content (AvgIpc) is 2.88. The van der Waals surface area contributed by atoms with Crippen LogP contribution in [0, 0.1) is 5.41 Å². The summed E-state index contributed by atoms with van der Waals surface area (Å²) >= 11 is 0. The molecule has 0 amide bonds. The highest BCUT2D eigenvalue weighted by Crippen LogP contribution is 2.57. The first kappa shape index (κ1) is 12.3. The van der Waals surface area contributed by atoms with Crippen molar-refractivity contribution < 1.29 is 4.74 Å². The number of nitrogens with one attached hydrogen (secondary N) is 1. The molecule has 1 saturated carbocycles. The molecule has 4 heteroatoms. The Bertz CT molecular complexity index is 379. The zero-order valence-corrected chi connectivity index (χ0v) is 11.1. The minimum Gasteiger partial charge on any atom is -0.378 e. The normalized spacial score (nSPS) is 21.3. The molecule has 1 unspecified atom stereocenters. The predicted octanol–water partition coefficient (Wildman–Crippen LogP) is 2.57. The molecule has 1 aliphatic carbocycles. The van der Waals surface area contributed by atoms with Crippen molar-refractivity contribution in [3.63, 3.8) is 0 Å². The molecule has 1 heterocycles. The van der Waals surface area contributed by atoms with E-state index >= 15 is 0 Å². The second kappa shape index (κ2) is 4.61. The molecule has 1 fully saturated rings. The van der Waals surface area contributed by atoms with E-state index in [1.807, 2.05) is 6.07 Å². The first-order valence-corrected chi connectivity index (χ1v) is 6.17. The van der Waals surface area contributed by atoms with Crippen molar-refractivity contribution in [2.24, 2.45) is 5.41 Å². The number of nitrogens with zero attached hydrogens (tertiary/aromatic N) is 2. The molecule has 0 saturated heterocycles. The molecule has 1 atom stereocenters. The third-order valence-corrected chi connectivity index (χ3v) is 3.27. The van der Waals surface area contributed by atoms with Gasteiger partial charge in [0.25, 0.3) is 0 Å². The standard InChI is InChI=1S/C13H21N3O/c1-5-14-11-6-9(8-17-4)15-12(16-11)10-7-13(10,2)3/h6,10H,5,7-8H2,1-4H3,(H,14,15,16). The molecule has 0 bridgehead atoms. The SMILES string of the molecule is CCNc1cc(COC)nc(C2CC2(C)C)n1. The van der Waals surface area contributed by atoms with Crippen LogP contribution in [0.5, 0.6) is 0 Å². The van der Waals surface area contributed by atoms with Crippen LogP contribution in [-0.2, 0) is 11.3 Å². The lowest BCUT2D eigenvalue weighted by atomic mass is 10.1. The summed E-state index contributed by atoms with van der Waals surface area (Å²) in [5.41, 5.74) is 1.31. The van der Waals surface area contributed by atoms with Crippen molar-refractivity contribution in [1.82, 2.24) is 9.97 Å². The second-order valence-corrected chi connectivity index (χ2v) is 5.31. The van der Waals surface area contributed by atoms with Crippen molar-refractivity contribution >= 4 is 5.82 Å². The Kier molecular flexibility index (Phi) is 3.33. The van der Waals surface area contributed by atoms with E-state index < -0.39 is 0 Å². The van der Waals surface area contributed by atoms with E-state index in [0.717, 1.165) is 23.9 Å². The molecule has 4 nitrogen and oxygen atoms in total. The van der Waals surface area contributed by atoms with Gasteiger partial charge in [0.15, 0.2) is 0 Å². The lowest BCUT2D eigenvalue weighted by molar-refractivity contribution is 0.181. The van der Waals surface area contributed by atoms with E-state index in [-0.39, 0.29) is 0 Å². The minimum atomic E-state index is 0.356. The summed E-state index contributed by atoms with van der Waals surface area (Å²) in [6.07, 6.45) is 1.18. The summed E-state index contributed by atoms with van der Waals surface area (Å²) in [4.78, 5) is 9.17. The Hall–Kier alpha value is -1.16. The molecular formula is C13H21N3O. The highest BCUT2D eigenvalue weighted by molar-refractivity contribution is 5.37. The van der Waals surface area contributed by atoms with Gasteiger partial charge in [0.2, 0.25) is 0 Å². The Morgan fingerprint density at radius 3 is 2.71 bits per heavy atom. The number of rotatable bonds is 5. The average molecular weight is 235 g/mol. The van der Waals surface area contributed by atoms with Crippen LogP contribution < -0.4 is 5.32 Å². The maximum atomic E-state index is 5.15. The Morgan fingerprint density at radius 2 is 2.18 bits per heavy atom. The molecule has 17 heavy (non-hydrogen) atoms. The van der Waals surface area contributed by atoms with Crippen LogP contribution in [0.2, 0.25) is 0 Å². The van der Waals surface area contributed by atoms with Crippen molar-refractivity contribution in [3.05, 3.63) is 17.6 Å². The maximum Gasteiger partial charge on any atom is 0.134 e. The lowest BCUT2D eigenvalue weighted by Crippen LogP contribution is -2.07. The Labute approximate surface area is 103 Å². The largest absolute Gasteiger partial charge is 0.378 e. The third kappa shape index (κ3) is 2.75. The van der Waals surface area contributed by atoms with Gasteiger partial charge in [0.05, 0.1) is 12.3 Å². The lowest BCUT2D eigenvalue weighted by Gasteiger charge is -2.09. The monoisotopic (exact) mass is 235 g/mol. The fourth-order valence-corrected chi connectivity index (χ4v) is 2.08. The van der Waals surface area contributed by atoms with Crippen LogP contribution in [0.15, 0.2) is 6.07 Å². The molecule has 0 aliphatic heterocycles. The molecule has 1 aliphatic rings. The third-order valence-electron chi connectivity index (χ3n) is 3.27. The van der Waals surface area contributed by atoms with Crippen molar-refractivity contribution in [2.75, 3.05) is 19.0 Å². The molecular weight excluding hydrogens is 214 g/mol. The van der Waals surface area contributed by atoms with E-state index in [0.29, 0.717) is 17.9 Å². The molecule has 1 aromatic rings. The molecule has 94 valence electrons. The summed E-state index contributed by atoms with van der Waals surface area (Å²) in [6.45, 7) is 8.00. The van der Waals surface area contributed by atoms with Crippen LogP contribution in [-0.4, -0.2) is 23.6 Å². The van der Waals surface area contributed by atoms with Gasteiger partial charge in [-0.05, 0) is 18.8 Å². The van der Waals surface area contributed by atoms with Crippen LogP contribution in [0.3, 0.4) is 0 Å². The molecule has 0 radical (unpaired) electrons. The van der Waals surface area contributed by atoms with E-state index in [2.05, 4.69) is 36.1 Å². The zero-order valence-electron chi connectivity index (χ0n) is 11.1. The predicted molar refractivity (Wildman–Crippen MR) is 68.0 cm³/mol. The molecule has 1 N–H and O–H groups in total. The zero-order chi connectivity index (χ0) is 12.5. The number of anilines is 1. The molecule has 0 spiro atoms. The topological polar surface area (TPSA) is 47.0 Å². The van der Waals surface area contributed by atoms with Gasteiger partial charge < -0.3 is 10.1 Å². The van der Waals surface area contributed by atoms with E-state index in [4.69, 9.17) is 4.74 Å². The van der Waals surface area contributed by atoms with Gasteiger partial charge in [0, 0.05) is 25.6 Å². The van der Waals surface area contributed by atoms with Gasteiger partial charge in [-0.3, -0.25) is 0 Å². The first-order valence-electron chi connectivity index (χ1n) is 6.17. The maximum absolute atomic E-state index is 5.15. The van der Waals surface area contributed by atoms with Gasteiger partial charge in [-0.25, -0.2) is 9.97 Å². The van der Waals surface area contributed by atoms with Gasteiger partial charge in [-0.15, -0.1) is 0 Å². The van der Waals surface area contributed by atoms with Crippen LogP contribution in [0.1, 0.15) is 44.6 Å². The summed E-state index contributed by atoms with van der Waals surface area (Å²) in [5.74, 6) is 2.37. The van der Waals surface area contributed by atoms with Crippen LogP contribution in [0.4, 0.5) is 5.82 Å². The van der Waals surface area contributed by atoms with Gasteiger partial charge in [-0.1, -0.05) is 13.8 Å². The summed E-state index contributed by atoms with van der Waals surface area (Å²) in [6, 6.07) is 1.96. The van der Waals surface area contributed by atoms with Gasteiger partial charge >= 0.3 is 0 Å². The molecule has 0 aromatic carbocycles. The Balaban J connectivity index is 2.25. The fraction of sp³-hybridized carbons (Fsp3) is 0.692. The minimum absolute atomic E-state index is 0.356. The van der Waals surface area contributed by atoms with Crippen molar-refractivity contribution in [1.29, 1.82) is 0 Å². The number of ether oxygens (including phenoxy) is 1. The summed E-state index contributed by atoms with van der Waals surface area (Å²) < 4.78 is 5.15. The van der Waals surface area contributed by atoms with Crippen LogP contribution in [0.25, 0.3) is 0 Å². The van der Waals surface area contributed by atoms with E-state index in [1.54, 1.807) is 7.11 Å². The Morgan fingerprint density at radius 1 is 1.47 bits per heavy atom.